The van der Waals surface area contributed by atoms with E-state index in [1.807, 2.05) is 32.0 Å². The Morgan fingerprint density at radius 3 is 2.00 bits per heavy atom. The van der Waals surface area contributed by atoms with Crippen molar-refractivity contribution in [1.82, 2.24) is 4.31 Å². The first-order valence-corrected chi connectivity index (χ1v) is 15.2. The zero-order chi connectivity index (χ0) is 26.6. The largest absolute Gasteiger partial charge is 0.322 e. The van der Waals surface area contributed by atoms with E-state index in [0.717, 1.165) is 30.4 Å². The number of amides is 1. The molecule has 10 heteroatoms. The van der Waals surface area contributed by atoms with E-state index in [-0.39, 0.29) is 16.6 Å². The van der Waals surface area contributed by atoms with Gasteiger partial charge in [-0.2, -0.15) is 0 Å². The number of piperidine rings is 1. The average Bonchev–Trinajstić information content (AvgIpc) is 2.87. The molecular formula is C27H31N3O5S2. The minimum atomic E-state index is -3.80. The lowest BCUT2D eigenvalue weighted by Crippen LogP contribution is -2.36. The van der Waals surface area contributed by atoms with Crippen molar-refractivity contribution in [2.75, 3.05) is 23.1 Å². The van der Waals surface area contributed by atoms with Gasteiger partial charge in [-0.25, -0.2) is 21.1 Å². The smallest absolute Gasteiger partial charge is 0.261 e. The van der Waals surface area contributed by atoms with Gasteiger partial charge in [-0.15, -0.1) is 0 Å². The molecule has 0 aromatic heterocycles. The van der Waals surface area contributed by atoms with Gasteiger partial charge in [0, 0.05) is 24.3 Å². The summed E-state index contributed by atoms with van der Waals surface area (Å²) in [7, 11) is -7.18. The molecule has 8 nitrogen and oxygen atoms in total. The summed E-state index contributed by atoms with van der Waals surface area (Å²) in [5.41, 5.74) is 3.62. The second-order valence-corrected chi connectivity index (χ2v) is 12.9. The Bertz CT molecular complexity index is 1460. The summed E-state index contributed by atoms with van der Waals surface area (Å²) in [6.07, 6.45) is 2.82. The van der Waals surface area contributed by atoms with E-state index in [2.05, 4.69) is 10.0 Å². The van der Waals surface area contributed by atoms with Crippen LogP contribution in [-0.2, 0) is 25.8 Å². The first-order valence-electron chi connectivity index (χ1n) is 12.1. The number of sulfonamides is 2. The first-order chi connectivity index (χ1) is 17.5. The fourth-order valence-corrected chi connectivity index (χ4v) is 7.10. The van der Waals surface area contributed by atoms with Crippen molar-refractivity contribution in [3.05, 3.63) is 89.0 Å². The summed E-state index contributed by atoms with van der Waals surface area (Å²) >= 11 is 0. The molecule has 1 aliphatic rings. The molecular weight excluding hydrogens is 510 g/mol. The Balaban J connectivity index is 1.39. The molecule has 196 valence electrons. The third-order valence-corrected chi connectivity index (χ3v) is 9.63. The van der Waals surface area contributed by atoms with Crippen LogP contribution >= 0.6 is 0 Å². The number of carbonyl (C=O) groups excluding carboxylic acids is 1. The fraction of sp³-hybridized carbons (Fsp3) is 0.296. The number of anilines is 2. The van der Waals surface area contributed by atoms with Crippen LogP contribution < -0.4 is 10.0 Å². The third kappa shape index (κ3) is 6.57. The zero-order valence-electron chi connectivity index (χ0n) is 20.9. The molecule has 0 radical (unpaired) electrons. The highest BCUT2D eigenvalue weighted by molar-refractivity contribution is 7.92. The summed E-state index contributed by atoms with van der Waals surface area (Å²) < 4.78 is 55.2. The van der Waals surface area contributed by atoms with Gasteiger partial charge in [-0.1, -0.05) is 36.8 Å². The van der Waals surface area contributed by atoms with Crippen molar-refractivity contribution in [2.24, 2.45) is 0 Å². The maximum Gasteiger partial charge on any atom is 0.261 e. The van der Waals surface area contributed by atoms with Crippen molar-refractivity contribution in [3.8, 4) is 0 Å². The molecule has 37 heavy (non-hydrogen) atoms. The van der Waals surface area contributed by atoms with Crippen LogP contribution in [0.1, 0.15) is 46.3 Å². The molecule has 3 aromatic rings. The van der Waals surface area contributed by atoms with Crippen LogP contribution in [0.25, 0.3) is 0 Å². The van der Waals surface area contributed by atoms with E-state index in [9.17, 15) is 21.6 Å². The summed E-state index contributed by atoms with van der Waals surface area (Å²) in [5.74, 6) is -0.476. The normalized spacial score (nSPS) is 14.8. The van der Waals surface area contributed by atoms with Gasteiger partial charge in [0.25, 0.3) is 15.9 Å². The number of para-hydroxylation sites is 1. The Morgan fingerprint density at radius 1 is 0.811 bits per heavy atom. The lowest BCUT2D eigenvalue weighted by Gasteiger charge is -2.25. The van der Waals surface area contributed by atoms with E-state index in [4.69, 9.17) is 0 Å². The summed E-state index contributed by atoms with van der Waals surface area (Å²) in [6, 6.07) is 17.9. The quantitative estimate of drug-likeness (QED) is 0.430. The molecule has 1 heterocycles. The number of carbonyl (C=O) groups is 1. The average molecular weight is 542 g/mol. The van der Waals surface area contributed by atoms with E-state index < -0.39 is 20.0 Å². The topological polar surface area (TPSA) is 113 Å². The molecule has 4 rings (SSSR count). The van der Waals surface area contributed by atoms with E-state index in [0.29, 0.717) is 35.6 Å². The Morgan fingerprint density at radius 2 is 1.41 bits per heavy atom. The lowest BCUT2D eigenvalue weighted by molar-refractivity contribution is 0.102. The van der Waals surface area contributed by atoms with Gasteiger partial charge in [0.1, 0.15) is 0 Å². The number of hydrogen-bond donors (Lipinski definition) is 2. The number of hydrogen-bond acceptors (Lipinski definition) is 5. The van der Waals surface area contributed by atoms with Crippen LogP contribution in [-0.4, -0.2) is 40.1 Å². The van der Waals surface area contributed by atoms with Gasteiger partial charge in [0.15, 0.2) is 0 Å². The van der Waals surface area contributed by atoms with Crippen LogP contribution in [0, 0.1) is 13.8 Å². The molecule has 1 aliphatic heterocycles. The lowest BCUT2D eigenvalue weighted by atomic mass is 10.1. The van der Waals surface area contributed by atoms with Crippen LogP contribution in [0.2, 0.25) is 0 Å². The second kappa shape index (κ2) is 11.0. The van der Waals surface area contributed by atoms with Gasteiger partial charge in [-0.05, 0) is 79.8 Å². The maximum absolute atomic E-state index is 12.8. The van der Waals surface area contributed by atoms with Crippen LogP contribution in [0.5, 0.6) is 0 Å². The monoisotopic (exact) mass is 541 g/mol. The highest BCUT2D eigenvalue weighted by atomic mass is 32.2. The molecule has 0 atom stereocenters. The maximum atomic E-state index is 12.8. The zero-order valence-corrected chi connectivity index (χ0v) is 22.5. The highest BCUT2D eigenvalue weighted by Crippen LogP contribution is 2.24. The Labute approximate surface area is 218 Å². The number of benzene rings is 3. The predicted octanol–water partition coefficient (Wildman–Crippen LogP) is 4.67. The molecule has 0 spiro atoms. The Kier molecular flexibility index (Phi) is 8.01. The van der Waals surface area contributed by atoms with Gasteiger partial charge < -0.3 is 5.32 Å². The molecule has 0 unspecified atom stereocenters. The molecule has 1 amide bonds. The molecule has 0 saturated carbocycles. The molecule has 2 N–H and O–H groups in total. The van der Waals surface area contributed by atoms with Crippen LogP contribution in [0.4, 0.5) is 11.4 Å². The van der Waals surface area contributed by atoms with Gasteiger partial charge in [0.05, 0.1) is 16.3 Å². The molecule has 0 bridgehead atoms. The van der Waals surface area contributed by atoms with Crippen molar-refractivity contribution in [2.45, 2.75) is 43.8 Å². The van der Waals surface area contributed by atoms with Gasteiger partial charge in [0.2, 0.25) is 10.0 Å². The van der Waals surface area contributed by atoms with Crippen LogP contribution in [0.15, 0.2) is 71.6 Å². The van der Waals surface area contributed by atoms with Crippen molar-refractivity contribution in [1.29, 1.82) is 0 Å². The number of nitrogens with zero attached hydrogens (tertiary/aromatic N) is 1. The molecule has 0 aliphatic carbocycles. The van der Waals surface area contributed by atoms with Crippen molar-refractivity contribution < 1.29 is 21.6 Å². The third-order valence-electron chi connectivity index (χ3n) is 6.41. The predicted molar refractivity (Wildman–Crippen MR) is 146 cm³/mol. The fourth-order valence-electron chi connectivity index (χ4n) is 4.29. The molecule has 1 saturated heterocycles. The van der Waals surface area contributed by atoms with Crippen LogP contribution in [0.3, 0.4) is 0 Å². The Hall–Kier alpha value is -3.21. The second-order valence-electron chi connectivity index (χ2n) is 9.26. The van der Waals surface area contributed by atoms with Crippen molar-refractivity contribution in [3.63, 3.8) is 0 Å². The number of rotatable bonds is 8. The summed E-state index contributed by atoms with van der Waals surface area (Å²) in [5, 5.41) is 2.74. The number of nitrogens with one attached hydrogen (secondary N) is 2. The highest BCUT2D eigenvalue weighted by Gasteiger charge is 2.24. The SMILES string of the molecule is Cc1cccc(C)c1NS(=O)(=O)c1ccc(NC(=O)c2ccc(CS(=O)(=O)N3CCCCC3)cc2)cc1. The van der Waals surface area contributed by atoms with Gasteiger partial charge >= 0.3 is 0 Å². The van der Waals surface area contributed by atoms with E-state index in [1.165, 1.54) is 24.3 Å². The van der Waals surface area contributed by atoms with Gasteiger partial charge in [-0.3, -0.25) is 9.52 Å². The van der Waals surface area contributed by atoms with E-state index >= 15 is 0 Å². The number of aryl methyl sites for hydroxylation is 2. The summed E-state index contributed by atoms with van der Waals surface area (Å²) in [4.78, 5) is 12.8. The van der Waals surface area contributed by atoms with Crippen molar-refractivity contribution >= 4 is 37.3 Å². The first kappa shape index (κ1) is 26.8. The molecule has 3 aromatic carbocycles. The minimum absolute atomic E-state index is 0.0763. The van der Waals surface area contributed by atoms with E-state index in [1.54, 1.807) is 28.6 Å². The standard InChI is InChI=1S/C27H31N3O5S2/c1-20-7-6-8-21(2)26(20)29-37(34,35)25-15-13-24(14-16-25)28-27(31)23-11-9-22(10-12-23)19-36(32,33)30-17-4-3-5-18-30/h6-16,29H,3-5,17-19H2,1-2H3,(H,28,31). The minimum Gasteiger partial charge on any atom is -0.322 e. The molecule has 1 fully saturated rings. The summed E-state index contributed by atoms with van der Waals surface area (Å²) in [6.45, 7) is 4.79.